The van der Waals surface area contributed by atoms with Crippen LogP contribution in [0, 0.1) is 13.8 Å². The van der Waals surface area contributed by atoms with E-state index in [2.05, 4.69) is 30.2 Å². The van der Waals surface area contributed by atoms with Crippen LogP contribution in [0.5, 0.6) is 0 Å². The Bertz CT molecular complexity index is 822. The van der Waals surface area contributed by atoms with E-state index in [0.717, 1.165) is 20.7 Å². The summed E-state index contributed by atoms with van der Waals surface area (Å²) in [5.74, 6) is -0.0676. The molecule has 3 aromatic rings. The van der Waals surface area contributed by atoms with E-state index in [1.54, 1.807) is 6.07 Å². The topological polar surface area (TPSA) is 42.0 Å². The zero-order chi connectivity index (χ0) is 15.0. The molecule has 2 heterocycles. The molecule has 0 spiro atoms. The van der Waals surface area contributed by atoms with Crippen LogP contribution in [-0.4, -0.2) is 10.9 Å². The lowest BCUT2D eigenvalue weighted by Gasteiger charge is -1.99. The van der Waals surface area contributed by atoms with Crippen LogP contribution in [0.4, 0.5) is 5.13 Å². The first-order chi connectivity index (χ1) is 10.0. The van der Waals surface area contributed by atoms with E-state index in [1.165, 1.54) is 28.2 Å². The second kappa shape index (κ2) is 5.75. The van der Waals surface area contributed by atoms with Gasteiger partial charge in [0.15, 0.2) is 5.13 Å². The monoisotopic (exact) mass is 336 g/mol. The van der Waals surface area contributed by atoms with Crippen molar-refractivity contribution in [1.29, 1.82) is 0 Å². The van der Waals surface area contributed by atoms with Crippen LogP contribution >= 0.6 is 34.3 Å². The summed E-state index contributed by atoms with van der Waals surface area (Å²) in [6.07, 6.45) is 0.325. The number of carbonyl (C=O) groups is 1. The molecule has 108 valence electrons. The molecule has 0 aliphatic heterocycles. The Morgan fingerprint density at radius 1 is 1.24 bits per heavy atom. The van der Waals surface area contributed by atoms with Crippen molar-refractivity contribution in [2.75, 3.05) is 5.32 Å². The van der Waals surface area contributed by atoms with Crippen molar-refractivity contribution in [2.24, 2.45) is 0 Å². The van der Waals surface area contributed by atoms with Crippen LogP contribution in [0.2, 0.25) is 4.34 Å². The predicted octanol–water partition coefficient (Wildman–Crippen LogP) is 4.81. The molecule has 0 unspecified atom stereocenters. The highest BCUT2D eigenvalue weighted by Crippen LogP contribution is 2.30. The molecule has 0 fully saturated rings. The number of anilines is 1. The fourth-order valence-electron chi connectivity index (χ4n) is 2.05. The zero-order valence-electron chi connectivity index (χ0n) is 11.6. The Labute approximate surface area is 135 Å². The number of thiophene rings is 1. The molecule has 3 rings (SSSR count). The van der Waals surface area contributed by atoms with Crippen LogP contribution < -0.4 is 5.32 Å². The first-order valence-corrected chi connectivity index (χ1v) is 8.45. The van der Waals surface area contributed by atoms with Crippen molar-refractivity contribution >= 4 is 55.5 Å². The molecule has 0 saturated heterocycles. The van der Waals surface area contributed by atoms with Crippen molar-refractivity contribution < 1.29 is 4.79 Å². The maximum atomic E-state index is 12.0. The summed E-state index contributed by atoms with van der Waals surface area (Å²) in [6, 6.07) is 7.80. The van der Waals surface area contributed by atoms with Crippen LogP contribution in [0.3, 0.4) is 0 Å². The summed E-state index contributed by atoms with van der Waals surface area (Å²) in [5.41, 5.74) is 3.34. The number of rotatable bonds is 3. The maximum Gasteiger partial charge on any atom is 0.231 e. The summed E-state index contributed by atoms with van der Waals surface area (Å²) in [4.78, 5) is 17.5. The number of aromatic nitrogens is 1. The number of thiazole rings is 1. The number of hydrogen-bond acceptors (Lipinski definition) is 4. The second-order valence-electron chi connectivity index (χ2n) is 4.80. The fraction of sp³-hybridized carbons (Fsp3) is 0.200. The average molecular weight is 337 g/mol. The van der Waals surface area contributed by atoms with Gasteiger partial charge in [-0.25, -0.2) is 4.98 Å². The third-order valence-corrected chi connectivity index (χ3v) is 5.46. The molecule has 2 aromatic heterocycles. The lowest BCUT2D eigenvalue weighted by atomic mass is 10.1. The number of benzene rings is 1. The largest absolute Gasteiger partial charge is 0.302 e. The standard InChI is InChI=1S/C15H13ClN2OS2/c1-8-3-5-11-14(9(8)2)18-15(21-11)17-13(19)7-10-4-6-12(16)20-10/h3-6H,7H2,1-2H3,(H,17,18,19). The van der Waals surface area contributed by atoms with Crippen molar-refractivity contribution in [3.8, 4) is 0 Å². The van der Waals surface area contributed by atoms with E-state index in [-0.39, 0.29) is 5.91 Å². The van der Waals surface area contributed by atoms with Gasteiger partial charge in [0.1, 0.15) is 0 Å². The molecular weight excluding hydrogens is 324 g/mol. The molecule has 0 aliphatic carbocycles. The van der Waals surface area contributed by atoms with Gasteiger partial charge in [-0.2, -0.15) is 0 Å². The SMILES string of the molecule is Cc1ccc2sc(NC(=O)Cc3ccc(Cl)s3)nc2c1C. The molecule has 0 saturated carbocycles. The summed E-state index contributed by atoms with van der Waals surface area (Å²) < 4.78 is 1.79. The number of fused-ring (bicyclic) bond motifs is 1. The Hall–Kier alpha value is -1.43. The quantitative estimate of drug-likeness (QED) is 0.745. The first kappa shape index (κ1) is 14.5. The Morgan fingerprint density at radius 3 is 2.76 bits per heavy atom. The number of halogens is 1. The van der Waals surface area contributed by atoms with E-state index in [4.69, 9.17) is 11.6 Å². The van der Waals surface area contributed by atoms with Gasteiger partial charge in [0.05, 0.1) is 21.0 Å². The molecule has 3 nitrogen and oxygen atoms in total. The van der Waals surface area contributed by atoms with Gasteiger partial charge in [-0.15, -0.1) is 11.3 Å². The van der Waals surface area contributed by atoms with Gasteiger partial charge in [0.25, 0.3) is 0 Å². The average Bonchev–Trinajstić information content (AvgIpc) is 3.01. The number of nitrogens with zero attached hydrogens (tertiary/aromatic N) is 1. The molecule has 6 heteroatoms. The number of hydrogen-bond donors (Lipinski definition) is 1. The first-order valence-electron chi connectivity index (χ1n) is 6.44. The summed E-state index contributed by atoms with van der Waals surface area (Å²) in [6.45, 7) is 4.11. The third-order valence-electron chi connectivity index (χ3n) is 3.29. The van der Waals surface area contributed by atoms with Crippen LogP contribution in [-0.2, 0) is 11.2 Å². The van der Waals surface area contributed by atoms with Crippen molar-refractivity contribution in [2.45, 2.75) is 20.3 Å². The highest BCUT2D eigenvalue weighted by Gasteiger charge is 2.11. The summed E-state index contributed by atoms with van der Waals surface area (Å²) in [5, 5.41) is 3.51. The van der Waals surface area contributed by atoms with E-state index in [1.807, 2.05) is 12.1 Å². The van der Waals surface area contributed by atoms with Gasteiger partial charge < -0.3 is 5.32 Å². The van der Waals surface area contributed by atoms with Gasteiger partial charge in [-0.1, -0.05) is 29.0 Å². The summed E-state index contributed by atoms with van der Waals surface area (Å²) >= 11 is 8.79. The van der Waals surface area contributed by atoms with Gasteiger partial charge in [-0.05, 0) is 43.2 Å². The second-order valence-corrected chi connectivity index (χ2v) is 7.63. The predicted molar refractivity (Wildman–Crippen MR) is 90.8 cm³/mol. The lowest BCUT2D eigenvalue weighted by molar-refractivity contribution is -0.115. The highest BCUT2D eigenvalue weighted by atomic mass is 35.5. The van der Waals surface area contributed by atoms with Crippen LogP contribution in [0.25, 0.3) is 10.2 Å². The van der Waals surface area contributed by atoms with Crippen molar-refractivity contribution in [3.63, 3.8) is 0 Å². The highest BCUT2D eigenvalue weighted by molar-refractivity contribution is 7.22. The number of aryl methyl sites for hydroxylation is 2. The van der Waals surface area contributed by atoms with E-state index in [9.17, 15) is 4.79 Å². The van der Waals surface area contributed by atoms with E-state index in [0.29, 0.717) is 15.9 Å². The van der Waals surface area contributed by atoms with Crippen molar-refractivity contribution in [1.82, 2.24) is 4.98 Å². The fourth-order valence-corrected chi connectivity index (χ4v) is 4.08. The minimum absolute atomic E-state index is 0.0676. The Balaban J connectivity index is 1.78. The minimum Gasteiger partial charge on any atom is -0.302 e. The lowest BCUT2D eigenvalue weighted by Crippen LogP contribution is -2.13. The number of amides is 1. The molecule has 1 aromatic carbocycles. The Morgan fingerprint density at radius 2 is 2.05 bits per heavy atom. The number of nitrogens with one attached hydrogen (secondary N) is 1. The van der Waals surface area contributed by atoms with Crippen LogP contribution in [0.15, 0.2) is 24.3 Å². The Kier molecular flexibility index (Phi) is 3.97. The van der Waals surface area contributed by atoms with Gasteiger partial charge in [0, 0.05) is 4.88 Å². The van der Waals surface area contributed by atoms with E-state index >= 15 is 0 Å². The molecule has 1 N–H and O–H groups in total. The smallest absolute Gasteiger partial charge is 0.231 e. The number of carbonyl (C=O) groups excluding carboxylic acids is 1. The molecular formula is C15H13ClN2OS2. The molecule has 0 atom stereocenters. The molecule has 1 amide bonds. The normalized spacial score (nSPS) is 11.0. The van der Waals surface area contributed by atoms with Gasteiger partial charge in [0.2, 0.25) is 5.91 Å². The zero-order valence-corrected chi connectivity index (χ0v) is 14.0. The molecule has 0 aliphatic rings. The third kappa shape index (κ3) is 3.10. The summed E-state index contributed by atoms with van der Waals surface area (Å²) in [7, 11) is 0. The molecule has 0 bridgehead atoms. The molecule has 21 heavy (non-hydrogen) atoms. The van der Waals surface area contributed by atoms with Crippen molar-refractivity contribution in [3.05, 3.63) is 44.6 Å². The van der Waals surface area contributed by atoms with Crippen LogP contribution in [0.1, 0.15) is 16.0 Å². The molecule has 0 radical (unpaired) electrons. The maximum absolute atomic E-state index is 12.0. The minimum atomic E-state index is -0.0676. The van der Waals surface area contributed by atoms with Gasteiger partial charge >= 0.3 is 0 Å². The van der Waals surface area contributed by atoms with E-state index < -0.39 is 0 Å². The van der Waals surface area contributed by atoms with Gasteiger partial charge in [-0.3, -0.25) is 4.79 Å².